The summed E-state index contributed by atoms with van der Waals surface area (Å²) in [6, 6.07) is 23.6. The van der Waals surface area contributed by atoms with E-state index >= 15 is 0 Å². The first-order chi connectivity index (χ1) is 19.3. The molecule has 3 rings (SSSR count). The normalized spacial score (nSPS) is 11.9. The van der Waals surface area contributed by atoms with Crippen LogP contribution in [0.15, 0.2) is 89.8 Å². The molecule has 8 nitrogen and oxygen atoms in total. The average molecular weight is 566 g/mol. The number of nitrogens with zero attached hydrogens (tertiary/aromatic N) is 2. The number of amides is 2. The molecular weight excluding hydrogens is 526 g/mol. The zero-order valence-electron chi connectivity index (χ0n) is 23.5. The van der Waals surface area contributed by atoms with Gasteiger partial charge in [-0.3, -0.25) is 13.9 Å². The van der Waals surface area contributed by atoms with Crippen molar-refractivity contribution in [3.63, 3.8) is 0 Å². The van der Waals surface area contributed by atoms with Gasteiger partial charge in [0.1, 0.15) is 18.3 Å². The van der Waals surface area contributed by atoms with Gasteiger partial charge >= 0.3 is 0 Å². The molecule has 40 heavy (non-hydrogen) atoms. The highest BCUT2D eigenvalue weighted by molar-refractivity contribution is 7.92. The fourth-order valence-corrected chi connectivity index (χ4v) is 5.82. The van der Waals surface area contributed by atoms with E-state index < -0.39 is 28.5 Å². The molecule has 214 valence electrons. The smallest absolute Gasteiger partial charge is 0.264 e. The van der Waals surface area contributed by atoms with Crippen molar-refractivity contribution >= 4 is 27.5 Å². The summed E-state index contributed by atoms with van der Waals surface area (Å²) in [4.78, 5) is 28.7. The molecule has 0 unspecified atom stereocenters. The molecule has 1 N–H and O–H groups in total. The zero-order valence-corrected chi connectivity index (χ0v) is 24.3. The quantitative estimate of drug-likeness (QED) is 0.289. The number of hydrogen-bond acceptors (Lipinski definition) is 5. The maximum Gasteiger partial charge on any atom is 0.264 e. The lowest BCUT2D eigenvalue weighted by molar-refractivity contribution is -0.139. The van der Waals surface area contributed by atoms with Crippen molar-refractivity contribution in [2.45, 2.75) is 51.0 Å². The third-order valence-corrected chi connectivity index (χ3v) is 8.25. The molecule has 0 radical (unpaired) electrons. The van der Waals surface area contributed by atoms with Crippen molar-refractivity contribution < 1.29 is 22.7 Å². The zero-order chi connectivity index (χ0) is 29.0. The van der Waals surface area contributed by atoms with Crippen molar-refractivity contribution in [1.82, 2.24) is 10.2 Å². The molecule has 0 fully saturated rings. The largest absolute Gasteiger partial charge is 0.494 e. The third-order valence-electron chi connectivity index (χ3n) is 6.47. The number of hydrogen-bond donors (Lipinski definition) is 1. The summed E-state index contributed by atoms with van der Waals surface area (Å²) in [5.74, 6) is -0.107. The Labute approximate surface area is 238 Å². The second-order valence-corrected chi connectivity index (χ2v) is 11.2. The summed E-state index contributed by atoms with van der Waals surface area (Å²) in [5, 5.41) is 2.90. The number of benzene rings is 3. The Hall–Kier alpha value is -3.85. The lowest BCUT2D eigenvalue weighted by Crippen LogP contribution is -2.53. The standard InChI is InChI=1S/C31H39N3O5S/c1-4-22-32-31(36)29(5-2)33(23-21-25-13-9-7-10-14-25)30(35)24-34(26-17-19-27(20-18-26)39-6-3)40(37,38)28-15-11-8-12-16-28/h7-20,29H,4-6,21-24H2,1-3H3,(H,32,36)/t29-/m0/s1. The van der Waals surface area contributed by atoms with E-state index in [9.17, 15) is 18.0 Å². The lowest BCUT2D eigenvalue weighted by Gasteiger charge is -2.33. The third kappa shape index (κ3) is 8.08. The Morgan fingerprint density at radius 2 is 1.50 bits per heavy atom. The Kier molecular flexibility index (Phi) is 11.6. The fraction of sp³-hybridized carbons (Fsp3) is 0.355. The molecule has 0 aliphatic heterocycles. The Balaban J connectivity index is 1.98. The Morgan fingerprint density at radius 1 is 0.875 bits per heavy atom. The Bertz CT molecular complexity index is 1320. The average Bonchev–Trinajstić information content (AvgIpc) is 2.98. The monoisotopic (exact) mass is 565 g/mol. The second-order valence-electron chi connectivity index (χ2n) is 9.29. The van der Waals surface area contributed by atoms with Gasteiger partial charge in [-0.1, -0.05) is 62.4 Å². The summed E-state index contributed by atoms with van der Waals surface area (Å²) >= 11 is 0. The van der Waals surface area contributed by atoms with Crippen LogP contribution in [0.3, 0.4) is 0 Å². The first-order valence-electron chi connectivity index (χ1n) is 13.7. The summed E-state index contributed by atoms with van der Waals surface area (Å²) < 4.78 is 34.3. The van der Waals surface area contributed by atoms with Crippen LogP contribution < -0.4 is 14.4 Å². The SMILES string of the molecule is CCCNC(=O)[C@H](CC)N(CCc1ccccc1)C(=O)CN(c1ccc(OCC)cc1)S(=O)(=O)c1ccccc1. The minimum Gasteiger partial charge on any atom is -0.494 e. The van der Waals surface area contributed by atoms with Gasteiger partial charge in [-0.25, -0.2) is 8.42 Å². The van der Waals surface area contributed by atoms with Gasteiger partial charge in [0.05, 0.1) is 17.2 Å². The molecule has 0 saturated carbocycles. The molecule has 3 aromatic carbocycles. The van der Waals surface area contributed by atoms with Gasteiger partial charge in [0, 0.05) is 13.1 Å². The van der Waals surface area contributed by atoms with Crippen molar-refractivity contribution in [2.75, 3.05) is 30.5 Å². The van der Waals surface area contributed by atoms with Crippen LogP contribution in [0, 0.1) is 0 Å². The van der Waals surface area contributed by atoms with E-state index in [0.717, 1.165) is 16.3 Å². The van der Waals surface area contributed by atoms with E-state index in [2.05, 4.69) is 5.32 Å². The van der Waals surface area contributed by atoms with Gasteiger partial charge in [-0.05, 0) is 68.1 Å². The number of sulfonamides is 1. The number of rotatable bonds is 15. The van der Waals surface area contributed by atoms with Crippen molar-refractivity contribution in [1.29, 1.82) is 0 Å². The second kappa shape index (κ2) is 15.1. The molecule has 0 bridgehead atoms. The molecule has 0 heterocycles. The molecule has 1 atom stereocenters. The van der Waals surface area contributed by atoms with Crippen LogP contribution in [-0.2, 0) is 26.0 Å². The minimum atomic E-state index is -4.10. The van der Waals surface area contributed by atoms with Crippen LogP contribution >= 0.6 is 0 Å². The van der Waals surface area contributed by atoms with Gasteiger partial charge in [-0.15, -0.1) is 0 Å². The minimum absolute atomic E-state index is 0.0697. The van der Waals surface area contributed by atoms with E-state index in [1.54, 1.807) is 42.5 Å². The molecule has 0 spiro atoms. The van der Waals surface area contributed by atoms with Crippen molar-refractivity contribution in [2.24, 2.45) is 0 Å². The summed E-state index contributed by atoms with van der Waals surface area (Å²) in [5.41, 5.74) is 1.34. The molecular formula is C31H39N3O5S. The van der Waals surface area contributed by atoms with Crippen LogP contribution in [-0.4, -0.2) is 57.4 Å². The molecule has 0 aliphatic carbocycles. The van der Waals surface area contributed by atoms with Gasteiger partial charge < -0.3 is 15.0 Å². The number of carbonyl (C=O) groups excluding carboxylic acids is 2. The van der Waals surface area contributed by atoms with Crippen LogP contribution in [0.25, 0.3) is 0 Å². The van der Waals surface area contributed by atoms with Crippen LogP contribution in [0.2, 0.25) is 0 Å². The Morgan fingerprint density at radius 3 is 2.08 bits per heavy atom. The van der Waals surface area contributed by atoms with Gasteiger partial charge in [-0.2, -0.15) is 0 Å². The number of carbonyl (C=O) groups is 2. The predicted octanol–water partition coefficient (Wildman–Crippen LogP) is 4.66. The topological polar surface area (TPSA) is 96.0 Å². The lowest BCUT2D eigenvalue weighted by atomic mass is 10.1. The van der Waals surface area contributed by atoms with Crippen LogP contribution in [0.5, 0.6) is 5.75 Å². The van der Waals surface area contributed by atoms with Gasteiger partial charge in [0.15, 0.2) is 0 Å². The highest BCUT2D eigenvalue weighted by Gasteiger charge is 2.33. The molecule has 3 aromatic rings. The molecule has 0 aromatic heterocycles. The maximum absolute atomic E-state index is 14.0. The first-order valence-corrected chi connectivity index (χ1v) is 15.2. The van der Waals surface area contributed by atoms with E-state index in [0.29, 0.717) is 37.4 Å². The van der Waals surface area contributed by atoms with E-state index in [1.165, 1.54) is 17.0 Å². The number of nitrogens with one attached hydrogen (secondary N) is 1. The molecule has 0 aliphatic rings. The highest BCUT2D eigenvalue weighted by Crippen LogP contribution is 2.26. The first kappa shape index (κ1) is 30.7. The van der Waals surface area contributed by atoms with Gasteiger partial charge in [0.2, 0.25) is 11.8 Å². The van der Waals surface area contributed by atoms with E-state index in [1.807, 2.05) is 51.1 Å². The van der Waals surface area contributed by atoms with Crippen molar-refractivity contribution in [3.8, 4) is 5.75 Å². The summed E-state index contributed by atoms with van der Waals surface area (Å²) in [6.07, 6.45) is 1.68. The number of anilines is 1. The van der Waals surface area contributed by atoms with Crippen LogP contribution in [0.1, 0.15) is 39.2 Å². The van der Waals surface area contributed by atoms with E-state index in [4.69, 9.17) is 4.74 Å². The summed E-state index contributed by atoms with van der Waals surface area (Å²) in [7, 11) is -4.10. The van der Waals surface area contributed by atoms with E-state index in [-0.39, 0.29) is 17.3 Å². The maximum atomic E-state index is 14.0. The number of ether oxygens (including phenoxy) is 1. The van der Waals surface area contributed by atoms with Gasteiger partial charge in [0.25, 0.3) is 10.0 Å². The molecule has 2 amide bonds. The summed E-state index contributed by atoms with van der Waals surface area (Å²) in [6.45, 7) is 6.45. The van der Waals surface area contributed by atoms with Crippen LogP contribution in [0.4, 0.5) is 5.69 Å². The predicted molar refractivity (Wildman–Crippen MR) is 158 cm³/mol. The molecule has 0 saturated heterocycles. The molecule has 9 heteroatoms. The fourth-order valence-electron chi connectivity index (χ4n) is 4.39. The van der Waals surface area contributed by atoms with Crippen molar-refractivity contribution in [3.05, 3.63) is 90.5 Å². The highest BCUT2D eigenvalue weighted by atomic mass is 32.2.